The molecule has 0 unspecified atom stereocenters. The first-order valence-electron chi connectivity index (χ1n) is 5.38. The number of rotatable bonds is 4. The van der Waals surface area contributed by atoms with Crippen molar-refractivity contribution in [2.45, 2.75) is 13.0 Å². The summed E-state index contributed by atoms with van der Waals surface area (Å²) >= 11 is 5.00. The summed E-state index contributed by atoms with van der Waals surface area (Å²) in [6, 6.07) is 7.91. The molecule has 0 saturated heterocycles. The minimum atomic E-state index is -0.290. The van der Waals surface area contributed by atoms with Gasteiger partial charge in [-0.3, -0.25) is 4.79 Å². The second-order valence-electron chi connectivity index (χ2n) is 3.77. The number of carbonyl (C=O) groups is 1. The second kappa shape index (κ2) is 6.11. The Labute approximate surface area is 117 Å². The van der Waals surface area contributed by atoms with Gasteiger partial charge in [0.05, 0.1) is 13.0 Å². The summed E-state index contributed by atoms with van der Waals surface area (Å²) in [4.78, 5) is 12.8. The van der Waals surface area contributed by atoms with Crippen LogP contribution in [0.2, 0.25) is 0 Å². The van der Waals surface area contributed by atoms with Gasteiger partial charge in [-0.2, -0.15) is 0 Å². The highest BCUT2D eigenvalue weighted by atomic mass is 79.9. The zero-order valence-electron chi connectivity index (χ0n) is 9.45. The molecule has 1 aromatic heterocycles. The lowest BCUT2D eigenvalue weighted by atomic mass is 10.1. The third kappa shape index (κ3) is 3.65. The van der Waals surface area contributed by atoms with Crippen molar-refractivity contribution < 1.29 is 9.18 Å². The molecule has 2 rings (SSSR count). The van der Waals surface area contributed by atoms with Gasteiger partial charge in [0.2, 0.25) is 5.91 Å². The molecule has 2 aromatic rings. The SMILES string of the molecule is O=C(Cc1ccc(F)cc1)NCc1sccc1Br. The predicted molar refractivity (Wildman–Crippen MR) is 74.0 cm³/mol. The smallest absolute Gasteiger partial charge is 0.224 e. The molecule has 18 heavy (non-hydrogen) atoms. The Balaban J connectivity index is 1.86. The second-order valence-corrected chi connectivity index (χ2v) is 5.63. The van der Waals surface area contributed by atoms with E-state index >= 15 is 0 Å². The van der Waals surface area contributed by atoms with E-state index < -0.39 is 0 Å². The Hall–Kier alpha value is -1.20. The predicted octanol–water partition coefficient (Wildman–Crippen LogP) is 3.51. The molecular formula is C13H11BrFNOS. The highest BCUT2D eigenvalue weighted by Gasteiger charge is 2.06. The normalized spacial score (nSPS) is 10.3. The molecule has 5 heteroatoms. The summed E-state index contributed by atoms with van der Waals surface area (Å²) in [6.07, 6.45) is 0.267. The number of halogens is 2. The van der Waals surface area contributed by atoms with Gasteiger partial charge in [0.1, 0.15) is 5.82 Å². The monoisotopic (exact) mass is 327 g/mol. The van der Waals surface area contributed by atoms with Crippen LogP contribution in [0.3, 0.4) is 0 Å². The highest BCUT2D eigenvalue weighted by molar-refractivity contribution is 9.10. The Bertz CT molecular complexity index is 538. The van der Waals surface area contributed by atoms with E-state index in [0.29, 0.717) is 6.54 Å². The molecule has 0 aliphatic carbocycles. The summed E-state index contributed by atoms with van der Waals surface area (Å²) < 4.78 is 13.7. The van der Waals surface area contributed by atoms with Gasteiger partial charge in [-0.1, -0.05) is 12.1 Å². The van der Waals surface area contributed by atoms with Gasteiger partial charge in [0.25, 0.3) is 0 Å². The topological polar surface area (TPSA) is 29.1 Å². The number of amides is 1. The Morgan fingerprint density at radius 1 is 1.28 bits per heavy atom. The first-order chi connectivity index (χ1) is 8.65. The molecule has 0 bridgehead atoms. The van der Waals surface area contributed by atoms with Crippen molar-refractivity contribution >= 4 is 33.2 Å². The van der Waals surface area contributed by atoms with Crippen LogP contribution in [-0.2, 0) is 17.8 Å². The Kier molecular flexibility index (Phi) is 4.49. The molecule has 0 aliphatic rings. The zero-order chi connectivity index (χ0) is 13.0. The molecule has 0 atom stereocenters. The maximum atomic E-state index is 12.7. The molecule has 0 radical (unpaired) electrons. The zero-order valence-corrected chi connectivity index (χ0v) is 11.9. The van der Waals surface area contributed by atoms with E-state index in [4.69, 9.17) is 0 Å². The van der Waals surface area contributed by atoms with Gasteiger partial charge in [0.15, 0.2) is 0 Å². The van der Waals surface area contributed by atoms with Crippen LogP contribution in [0.4, 0.5) is 4.39 Å². The van der Waals surface area contributed by atoms with Gasteiger partial charge in [-0.05, 0) is 45.1 Å². The molecular weight excluding hydrogens is 317 g/mol. The lowest BCUT2D eigenvalue weighted by molar-refractivity contribution is -0.120. The van der Waals surface area contributed by atoms with Crippen LogP contribution in [0.15, 0.2) is 40.2 Å². The molecule has 1 amide bonds. The standard InChI is InChI=1S/C13H11BrFNOS/c14-11-5-6-18-12(11)8-16-13(17)7-9-1-3-10(15)4-2-9/h1-6H,7-8H2,(H,16,17). The van der Waals surface area contributed by atoms with Crippen LogP contribution in [-0.4, -0.2) is 5.91 Å². The van der Waals surface area contributed by atoms with Crippen molar-refractivity contribution in [1.29, 1.82) is 0 Å². The molecule has 2 nitrogen and oxygen atoms in total. The van der Waals surface area contributed by atoms with Gasteiger partial charge in [-0.15, -0.1) is 11.3 Å². The van der Waals surface area contributed by atoms with Crippen molar-refractivity contribution in [3.05, 3.63) is 56.4 Å². The minimum Gasteiger partial charge on any atom is -0.351 e. The molecule has 94 valence electrons. The molecule has 0 spiro atoms. The fourth-order valence-electron chi connectivity index (χ4n) is 1.48. The maximum Gasteiger partial charge on any atom is 0.224 e. The fourth-order valence-corrected chi connectivity index (χ4v) is 2.91. The van der Waals surface area contributed by atoms with Crippen LogP contribution in [0, 0.1) is 5.82 Å². The van der Waals surface area contributed by atoms with Crippen LogP contribution in [0.5, 0.6) is 0 Å². The summed E-state index contributed by atoms with van der Waals surface area (Å²) in [5.41, 5.74) is 0.805. The third-order valence-corrected chi connectivity index (χ3v) is 4.34. The number of thiophene rings is 1. The van der Waals surface area contributed by atoms with E-state index in [2.05, 4.69) is 21.2 Å². The van der Waals surface area contributed by atoms with Crippen molar-refractivity contribution in [1.82, 2.24) is 5.32 Å². The lowest BCUT2D eigenvalue weighted by Gasteiger charge is -2.04. The van der Waals surface area contributed by atoms with Gasteiger partial charge in [-0.25, -0.2) is 4.39 Å². The van der Waals surface area contributed by atoms with Crippen molar-refractivity contribution in [2.75, 3.05) is 0 Å². The molecule has 1 N–H and O–H groups in total. The van der Waals surface area contributed by atoms with Crippen LogP contribution >= 0.6 is 27.3 Å². The van der Waals surface area contributed by atoms with Crippen molar-refractivity contribution in [3.63, 3.8) is 0 Å². The van der Waals surface area contributed by atoms with Gasteiger partial charge in [0, 0.05) is 9.35 Å². The number of benzene rings is 1. The van der Waals surface area contributed by atoms with E-state index in [1.807, 2.05) is 11.4 Å². The summed E-state index contributed by atoms with van der Waals surface area (Å²) in [5.74, 6) is -0.358. The van der Waals surface area contributed by atoms with Crippen molar-refractivity contribution in [3.8, 4) is 0 Å². The number of hydrogen-bond donors (Lipinski definition) is 1. The van der Waals surface area contributed by atoms with Crippen LogP contribution in [0.1, 0.15) is 10.4 Å². The van der Waals surface area contributed by atoms with E-state index in [1.165, 1.54) is 12.1 Å². The Morgan fingerprint density at radius 2 is 2.00 bits per heavy atom. The third-order valence-electron chi connectivity index (χ3n) is 2.42. The largest absolute Gasteiger partial charge is 0.351 e. The first-order valence-corrected chi connectivity index (χ1v) is 7.05. The first kappa shape index (κ1) is 13.2. The van der Waals surface area contributed by atoms with E-state index in [1.54, 1.807) is 23.5 Å². The molecule has 0 fully saturated rings. The summed E-state index contributed by atoms with van der Waals surface area (Å²) in [7, 11) is 0. The van der Waals surface area contributed by atoms with Crippen LogP contribution < -0.4 is 5.32 Å². The van der Waals surface area contributed by atoms with E-state index in [9.17, 15) is 9.18 Å². The molecule has 1 aromatic carbocycles. The molecule has 0 saturated carbocycles. The van der Waals surface area contributed by atoms with Crippen LogP contribution in [0.25, 0.3) is 0 Å². The quantitative estimate of drug-likeness (QED) is 0.914. The fraction of sp³-hybridized carbons (Fsp3) is 0.154. The van der Waals surface area contributed by atoms with Crippen molar-refractivity contribution in [2.24, 2.45) is 0 Å². The van der Waals surface area contributed by atoms with E-state index in [0.717, 1.165) is 14.9 Å². The maximum absolute atomic E-state index is 12.7. The molecule has 0 aliphatic heterocycles. The Morgan fingerprint density at radius 3 is 2.61 bits per heavy atom. The highest BCUT2D eigenvalue weighted by Crippen LogP contribution is 2.22. The summed E-state index contributed by atoms with van der Waals surface area (Å²) in [6.45, 7) is 0.512. The number of carbonyl (C=O) groups excluding carboxylic acids is 1. The van der Waals surface area contributed by atoms with E-state index in [-0.39, 0.29) is 18.1 Å². The van der Waals surface area contributed by atoms with Gasteiger partial charge < -0.3 is 5.32 Å². The number of nitrogens with one attached hydrogen (secondary N) is 1. The number of hydrogen-bond acceptors (Lipinski definition) is 2. The minimum absolute atomic E-state index is 0.0677. The average Bonchev–Trinajstić information content (AvgIpc) is 2.75. The average molecular weight is 328 g/mol. The van der Waals surface area contributed by atoms with Gasteiger partial charge >= 0.3 is 0 Å². The molecule has 1 heterocycles. The lowest BCUT2D eigenvalue weighted by Crippen LogP contribution is -2.24. The summed E-state index contributed by atoms with van der Waals surface area (Å²) in [5, 5.41) is 4.80.